The lowest BCUT2D eigenvalue weighted by Crippen LogP contribution is -2.48. The van der Waals surface area contributed by atoms with E-state index < -0.39 is 0 Å². The highest BCUT2D eigenvalue weighted by atomic mass is 16.4. The monoisotopic (exact) mass is 210 g/mol. The van der Waals surface area contributed by atoms with Crippen molar-refractivity contribution < 1.29 is 10.4 Å². The molecule has 2 aliphatic carbocycles. The van der Waals surface area contributed by atoms with Crippen molar-refractivity contribution in [3.8, 4) is 0 Å². The van der Waals surface area contributed by atoms with Crippen molar-refractivity contribution in [3.63, 3.8) is 0 Å². The van der Waals surface area contributed by atoms with Crippen LogP contribution in [0.5, 0.6) is 0 Å². The second kappa shape index (κ2) is 2.97. The van der Waals surface area contributed by atoms with E-state index >= 15 is 0 Å². The van der Waals surface area contributed by atoms with Crippen LogP contribution < -0.4 is 0 Å². The fourth-order valence-electron chi connectivity index (χ4n) is 3.34. The van der Waals surface area contributed by atoms with Crippen molar-refractivity contribution >= 4 is 11.4 Å². The Labute approximate surface area is 89.7 Å². The first-order valence-corrected chi connectivity index (χ1v) is 5.39. The van der Waals surface area contributed by atoms with E-state index in [1.54, 1.807) is 0 Å². The fraction of sp³-hybridized carbons (Fsp3) is 0.818. The van der Waals surface area contributed by atoms with Gasteiger partial charge in [-0.3, -0.25) is 0 Å². The molecular weight excluding hydrogens is 192 g/mol. The molecule has 84 valence electrons. The van der Waals surface area contributed by atoms with Gasteiger partial charge in [0.05, 0.1) is 11.4 Å². The van der Waals surface area contributed by atoms with Gasteiger partial charge in [-0.25, -0.2) is 0 Å². The minimum atomic E-state index is -0.0550. The minimum Gasteiger partial charge on any atom is -0.411 e. The molecule has 2 rings (SSSR count). The summed E-state index contributed by atoms with van der Waals surface area (Å²) in [6.45, 7) is 6.48. The Hall–Kier alpha value is -1.06. The first-order chi connectivity index (χ1) is 6.97. The third-order valence-electron chi connectivity index (χ3n) is 4.86. The highest BCUT2D eigenvalue weighted by Gasteiger charge is 2.59. The molecule has 2 bridgehead atoms. The van der Waals surface area contributed by atoms with Gasteiger partial charge in [0.2, 0.25) is 0 Å². The maximum atomic E-state index is 9.07. The van der Waals surface area contributed by atoms with Crippen LogP contribution in [0.1, 0.15) is 40.0 Å². The summed E-state index contributed by atoms with van der Waals surface area (Å²) >= 11 is 0. The molecule has 0 heterocycles. The van der Waals surface area contributed by atoms with Crippen LogP contribution in [0, 0.1) is 16.7 Å². The average molecular weight is 210 g/mol. The third-order valence-corrected chi connectivity index (χ3v) is 4.86. The second-order valence-corrected chi connectivity index (χ2v) is 5.46. The van der Waals surface area contributed by atoms with E-state index in [0.717, 1.165) is 24.3 Å². The summed E-state index contributed by atoms with van der Waals surface area (Å²) in [5.41, 5.74) is 1.48. The van der Waals surface area contributed by atoms with Crippen LogP contribution in [0.2, 0.25) is 0 Å². The molecule has 4 nitrogen and oxygen atoms in total. The van der Waals surface area contributed by atoms with Gasteiger partial charge in [-0.2, -0.15) is 0 Å². The standard InChI is InChI=1S/C11H18N2O2/c1-10(2)7-4-5-11(10,3)9(13-15)6-8(7)12-14/h7,14-15H,4-6H2,1-3H3/b12-8-,13-9-/t7-,11-/m1/s1. The smallest absolute Gasteiger partial charge is 0.0692 e. The Morgan fingerprint density at radius 2 is 1.87 bits per heavy atom. The summed E-state index contributed by atoms with van der Waals surface area (Å²) in [6.07, 6.45) is 2.53. The van der Waals surface area contributed by atoms with Crippen molar-refractivity contribution in [1.29, 1.82) is 0 Å². The van der Waals surface area contributed by atoms with Crippen molar-refractivity contribution in [2.75, 3.05) is 0 Å². The van der Waals surface area contributed by atoms with Gasteiger partial charge in [0.15, 0.2) is 0 Å². The van der Waals surface area contributed by atoms with Crippen LogP contribution in [0.4, 0.5) is 0 Å². The number of oxime groups is 2. The zero-order valence-corrected chi connectivity index (χ0v) is 9.49. The topological polar surface area (TPSA) is 65.2 Å². The molecule has 0 amide bonds. The highest BCUT2D eigenvalue weighted by Crippen LogP contribution is 2.60. The maximum Gasteiger partial charge on any atom is 0.0692 e. The lowest BCUT2D eigenvalue weighted by molar-refractivity contribution is 0.164. The molecule has 2 atom stereocenters. The molecular formula is C11H18N2O2. The Balaban J connectivity index is 2.54. The Bertz CT molecular complexity index is 346. The van der Waals surface area contributed by atoms with Gasteiger partial charge < -0.3 is 10.4 Å². The largest absolute Gasteiger partial charge is 0.411 e. The van der Waals surface area contributed by atoms with E-state index in [-0.39, 0.29) is 10.8 Å². The van der Waals surface area contributed by atoms with Crippen molar-refractivity contribution in [1.82, 2.24) is 0 Å². The number of hydrogen-bond acceptors (Lipinski definition) is 4. The third kappa shape index (κ3) is 1.08. The number of fused-ring (bicyclic) bond motifs is 2. The lowest BCUT2D eigenvalue weighted by atomic mass is 9.57. The van der Waals surface area contributed by atoms with E-state index in [1.165, 1.54) is 0 Å². The van der Waals surface area contributed by atoms with Crippen molar-refractivity contribution in [2.24, 2.45) is 27.1 Å². The van der Waals surface area contributed by atoms with E-state index in [9.17, 15) is 0 Å². The zero-order chi connectivity index (χ0) is 11.3. The normalized spacial score (nSPS) is 43.8. The van der Waals surface area contributed by atoms with Crippen LogP contribution in [0.25, 0.3) is 0 Å². The summed E-state index contributed by atoms with van der Waals surface area (Å²) < 4.78 is 0. The van der Waals surface area contributed by atoms with Crippen LogP contribution in [-0.2, 0) is 0 Å². The highest BCUT2D eigenvalue weighted by molar-refractivity contribution is 6.11. The predicted octanol–water partition coefficient (Wildman–Crippen LogP) is 2.49. The molecule has 2 aliphatic rings. The predicted molar refractivity (Wildman–Crippen MR) is 57.7 cm³/mol. The van der Waals surface area contributed by atoms with Crippen LogP contribution in [0.3, 0.4) is 0 Å². The Morgan fingerprint density at radius 1 is 1.20 bits per heavy atom. The molecule has 0 spiro atoms. The van der Waals surface area contributed by atoms with Gasteiger partial charge >= 0.3 is 0 Å². The van der Waals surface area contributed by atoms with Crippen LogP contribution >= 0.6 is 0 Å². The summed E-state index contributed by atoms with van der Waals surface area (Å²) in [5, 5.41) is 24.9. The SMILES string of the molecule is CC1(C)[C@@H]2CC[C@]1(C)/C(=N\O)C/C2=N/O. The molecule has 0 aromatic rings. The van der Waals surface area contributed by atoms with Crippen LogP contribution in [0.15, 0.2) is 10.3 Å². The minimum absolute atomic E-state index is 0.00831. The molecule has 15 heavy (non-hydrogen) atoms. The quantitative estimate of drug-likeness (QED) is 0.476. The molecule has 2 saturated carbocycles. The maximum absolute atomic E-state index is 9.07. The summed E-state index contributed by atoms with van der Waals surface area (Å²) in [4.78, 5) is 0. The molecule has 0 radical (unpaired) electrons. The average Bonchev–Trinajstić information content (AvgIpc) is 2.37. The van der Waals surface area contributed by atoms with Gasteiger partial charge in [0, 0.05) is 17.8 Å². The molecule has 2 N–H and O–H groups in total. The van der Waals surface area contributed by atoms with Gasteiger partial charge in [0.1, 0.15) is 0 Å². The van der Waals surface area contributed by atoms with E-state index in [0.29, 0.717) is 12.3 Å². The van der Waals surface area contributed by atoms with Crippen molar-refractivity contribution in [2.45, 2.75) is 40.0 Å². The molecule has 0 saturated heterocycles. The molecule has 0 unspecified atom stereocenters. The molecule has 0 aromatic heterocycles. The van der Waals surface area contributed by atoms with E-state index in [1.807, 2.05) is 0 Å². The molecule has 0 aromatic carbocycles. The van der Waals surface area contributed by atoms with E-state index in [2.05, 4.69) is 31.1 Å². The Kier molecular flexibility index (Phi) is 2.07. The van der Waals surface area contributed by atoms with Crippen molar-refractivity contribution in [3.05, 3.63) is 0 Å². The van der Waals surface area contributed by atoms with E-state index in [4.69, 9.17) is 10.4 Å². The molecule has 0 aliphatic heterocycles. The molecule has 2 fully saturated rings. The van der Waals surface area contributed by atoms with Crippen LogP contribution in [-0.4, -0.2) is 21.8 Å². The van der Waals surface area contributed by atoms with Gasteiger partial charge in [0.25, 0.3) is 0 Å². The number of nitrogens with zero attached hydrogens (tertiary/aromatic N) is 2. The van der Waals surface area contributed by atoms with Gasteiger partial charge in [-0.1, -0.05) is 31.1 Å². The number of rotatable bonds is 0. The Morgan fingerprint density at radius 3 is 2.40 bits per heavy atom. The summed E-state index contributed by atoms with van der Waals surface area (Å²) in [5.74, 6) is 0.318. The second-order valence-electron chi connectivity index (χ2n) is 5.46. The summed E-state index contributed by atoms with van der Waals surface area (Å²) in [6, 6.07) is 0. The fourth-order valence-corrected chi connectivity index (χ4v) is 3.34. The van der Waals surface area contributed by atoms with Gasteiger partial charge in [-0.15, -0.1) is 0 Å². The van der Waals surface area contributed by atoms with Gasteiger partial charge in [-0.05, 0) is 18.3 Å². The molecule has 4 heteroatoms. The lowest BCUT2D eigenvalue weighted by Gasteiger charge is -2.46. The number of hydrogen-bond donors (Lipinski definition) is 2. The first-order valence-electron chi connectivity index (χ1n) is 5.39. The summed E-state index contributed by atoms with van der Waals surface area (Å²) in [7, 11) is 0. The zero-order valence-electron chi connectivity index (χ0n) is 9.49. The first kappa shape index (κ1) is 10.5.